The second kappa shape index (κ2) is 4.44. The molecule has 0 aromatic rings. The number of nitrogens with one attached hydrogen (secondary N) is 2. The van der Waals surface area contributed by atoms with Gasteiger partial charge in [0.2, 0.25) is 5.91 Å². The van der Waals surface area contributed by atoms with Crippen molar-refractivity contribution in [2.75, 3.05) is 19.6 Å². The number of fused-ring (bicyclic) bond motifs is 2. The Balaban J connectivity index is 1.54. The minimum absolute atomic E-state index is 0.0772. The zero-order valence-electron chi connectivity index (χ0n) is 9.95. The van der Waals surface area contributed by atoms with Gasteiger partial charge in [-0.3, -0.25) is 4.79 Å². The molecule has 4 nitrogen and oxygen atoms in total. The summed E-state index contributed by atoms with van der Waals surface area (Å²) in [4.78, 5) is 13.3. The molecule has 2 N–H and O–H groups in total. The Kier molecular flexibility index (Phi) is 2.94. The van der Waals surface area contributed by atoms with Crippen molar-refractivity contribution >= 4 is 23.2 Å². The van der Waals surface area contributed by atoms with Gasteiger partial charge in [-0.1, -0.05) is 6.42 Å². The third kappa shape index (κ3) is 2.25. The van der Waals surface area contributed by atoms with E-state index in [0.29, 0.717) is 19.1 Å². The lowest BCUT2D eigenvalue weighted by molar-refractivity contribution is -0.122. The lowest BCUT2D eigenvalue weighted by Gasteiger charge is -2.32. The zero-order chi connectivity index (χ0) is 11.8. The molecule has 1 aliphatic heterocycles. The molecule has 2 aliphatic carbocycles. The third-order valence-electron chi connectivity index (χ3n) is 4.37. The van der Waals surface area contributed by atoms with E-state index in [1.807, 2.05) is 4.90 Å². The van der Waals surface area contributed by atoms with Crippen molar-refractivity contribution in [3.63, 3.8) is 0 Å². The van der Waals surface area contributed by atoms with E-state index < -0.39 is 0 Å². The van der Waals surface area contributed by atoms with Crippen LogP contribution in [0.2, 0.25) is 0 Å². The summed E-state index contributed by atoms with van der Waals surface area (Å²) >= 11 is 5.41. The average molecular weight is 253 g/mol. The molecular weight excluding hydrogens is 234 g/mol. The lowest BCUT2D eigenvalue weighted by atomic mass is 9.95. The van der Waals surface area contributed by atoms with E-state index in [1.54, 1.807) is 0 Å². The molecule has 5 heteroatoms. The van der Waals surface area contributed by atoms with Gasteiger partial charge in [0.1, 0.15) is 0 Å². The van der Waals surface area contributed by atoms with Crippen LogP contribution in [0.1, 0.15) is 25.7 Å². The number of hydrogen-bond acceptors (Lipinski definition) is 2. The number of nitrogens with zero attached hydrogens (tertiary/aromatic N) is 1. The molecule has 3 atom stereocenters. The molecule has 0 aromatic carbocycles. The predicted molar refractivity (Wildman–Crippen MR) is 69.6 cm³/mol. The van der Waals surface area contributed by atoms with Crippen LogP contribution in [0.25, 0.3) is 0 Å². The van der Waals surface area contributed by atoms with Gasteiger partial charge in [-0.2, -0.15) is 0 Å². The van der Waals surface area contributed by atoms with Gasteiger partial charge in [0.15, 0.2) is 5.11 Å². The summed E-state index contributed by atoms with van der Waals surface area (Å²) in [5, 5.41) is 7.07. The quantitative estimate of drug-likeness (QED) is 0.667. The highest BCUT2D eigenvalue weighted by molar-refractivity contribution is 7.80. The Morgan fingerprint density at radius 1 is 1.41 bits per heavy atom. The summed E-state index contributed by atoms with van der Waals surface area (Å²) in [5.41, 5.74) is 0. The average Bonchev–Trinajstić information content (AvgIpc) is 2.91. The van der Waals surface area contributed by atoms with Crippen molar-refractivity contribution in [2.24, 2.45) is 11.8 Å². The van der Waals surface area contributed by atoms with Crippen molar-refractivity contribution < 1.29 is 4.79 Å². The molecular formula is C12H19N3OS. The van der Waals surface area contributed by atoms with Crippen LogP contribution in [0.3, 0.4) is 0 Å². The molecule has 2 bridgehead atoms. The molecule has 2 saturated carbocycles. The highest BCUT2D eigenvalue weighted by Gasteiger charge is 2.40. The number of carbonyl (C=O) groups excluding carboxylic acids is 1. The maximum atomic E-state index is 11.3. The van der Waals surface area contributed by atoms with Crippen LogP contribution >= 0.6 is 12.2 Å². The normalized spacial score (nSPS) is 35.9. The number of piperazine rings is 1. The van der Waals surface area contributed by atoms with E-state index in [4.69, 9.17) is 12.2 Å². The van der Waals surface area contributed by atoms with Gasteiger partial charge in [-0.05, 0) is 43.3 Å². The Hall–Kier alpha value is -0.840. The fourth-order valence-electron chi connectivity index (χ4n) is 3.48. The Bertz CT molecular complexity index is 347. The fourth-order valence-corrected chi connectivity index (χ4v) is 3.79. The van der Waals surface area contributed by atoms with Crippen molar-refractivity contribution in [1.82, 2.24) is 15.5 Å². The van der Waals surface area contributed by atoms with Gasteiger partial charge in [-0.15, -0.1) is 0 Å². The number of hydrogen-bond donors (Lipinski definition) is 2. The van der Waals surface area contributed by atoms with E-state index in [2.05, 4.69) is 10.6 Å². The first-order chi connectivity index (χ1) is 8.22. The maximum Gasteiger partial charge on any atom is 0.239 e. The maximum absolute atomic E-state index is 11.3. The number of carbonyl (C=O) groups is 1. The molecule has 0 unspecified atom stereocenters. The largest absolute Gasteiger partial charge is 0.360 e. The van der Waals surface area contributed by atoms with Crippen LogP contribution in [-0.2, 0) is 4.79 Å². The summed E-state index contributed by atoms with van der Waals surface area (Å²) in [5.74, 6) is 1.81. The number of rotatable bonds is 1. The smallest absolute Gasteiger partial charge is 0.239 e. The Morgan fingerprint density at radius 2 is 2.29 bits per heavy atom. The van der Waals surface area contributed by atoms with Crippen molar-refractivity contribution in [3.05, 3.63) is 0 Å². The van der Waals surface area contributed by atoms with Crippen LogP contribution in [0.15, 0.2) is 0 Å². The summed E-state index contributed by atoms with van der Waals surface area (Å²) in [6.45, 7) is 1.95. The summed E-state index contributed by atoms with van der Waals surface area (Å²) in [7, 11) is 0. The number of thiocarbonyl (C=S) groups is 1. The standard InChI is InChI=1S/C12H19N3OS/c16-11-7-15(4-3-13-11)12(17)14-10-6-8-1-2-9(10)5-8/h8-10H,1-7H2,(H,13,16)(H,14,17)/t8-,9+,10+/m1/s1. The summed E-state index contributed by atoms with van der Waals surface area (Å²) in [6, 6.07) is 0.561. The van der Waals surface area contributed by atoms with E-state index >= 15 is 0 Å². The van der Waals surface area contributed by atoms with Crippen LogP contribution in [0.4, 0.5) is 0 Å². The molecule has 3 aliphatic rings. The molecule has 3 rings (SSSR count). The monoisotopic (exact) mass is 253 g/mol. The predicted octanol–water partition coefficient (Wildman–Crippen LogP) is 0.481. The molecule has 1 heterocycles. The van der Waals surface area contributed by atoms with Gasteiger partial charge < -0.3 is 15.5 Å². The summed E-state index contributed by atoms with van der Waals surface area (Å²) < 4.78 is 0. The zero-order valence-corrected chi connectivity index (χ0v) is 10.8. The van der Waals surface area contributed by atoms with Crippen LogP contribution in [0, 0.1) is 11.8 Å². The second-order valence-corrected chi connectivity index (χ2v) is 5.89. The van der Waals surface area contributed by atoms with Gasteiger partial charge >= 0.3 is 0 Å². The van der Waals surface area contributed by atoms with Crippen LogP contribution < -0.4 is 10.6 Å². The van der Waals surface area contributed by atoms with E-state index in [0.717, 1.165) is 23.5 Å². The minimum atomic E-state index is 0.0772. The molecule has 0 spiro atoms. The number of amides is 1. The highest BCUT2D eigenvalue weighted by Crippen LogP contribution is 2.44. The Labute approximate surface area is 107 Å². The molecule has 1 amide bonds. The fraction of sp³-hybridized carbons (Fsp3) is 0.833. The minimum Gasteiger partial charge on any atom is -0.360 e. The van der Waals surface area contributed by atoms with Crippen LogP contribution in [-0.4, -0.2) is 41.6 Å². The van der Waals surface area contributed by atoms with E-state index in [1.165, 1.54) is 25.7 Å². The summed E-state index contributed by atoms with van der Waals surface area (Å²) in [6.07, 6.45) is 5.40. The van der Waals surface area contributed by atoms with Gasteiger partial charge in [-0.25, -0.2) is 0 Å². The van der Waals surface area contributed by atoms with E-state index in [-0.39, 0.29) is 5.91 Å². The van der Waals surface area contributed by atoms with Crippen molar-refractivity contribution in [1.29, 1.82) is 0 Å². The lowest BCUT2D eigenvalue weighted by Crippen LogP contribution is -2.55. The van der Waals surface area contributed by atoms with Crippen molar-refractivity contribution in [3.8, 4) is 0 Å². The third-order valence-corrected chi connectivity index (χ3v) is 4.75. The van der Waals surface area contributed by atoms with Gasteiger partial charge in [0.05, 0.1) is 6.54 Å². The topological polar surface area (TPSA) is 44.4 Å². The van der Waals surface area contributed by atoms with E-state index in [9.17, 15) is 4.79 Å². The highest BCUT2D eigenvalue weighted by atomic mass is 32.1. The first kappa shape index (κ1) is 11.3. The second-order valence-electron chi connectivity index (χ2n) is 5.50. The first-order valence-electron chi connectivity index (χ1n) is 6.54. The molecule has 0 radical (unpaired) electrons. The Morgan fingerprint density at radius 3 is 2.94 bits per heavy atom. The molecule has 0 aromatic heterocycles. The molecule has 94 valence electrons. The molecule has 3 fully saturated rings. The van der Waals surface area contributed by atoms with Crippen molar-refractivity contribution in [2.45, 2.75) is 31.7 Å². The first-order valence-corrected chi connectivity index (χ1v) is 6.95. The van der Waals surface area contributed by atoms with Gasteiger partial charge in [0.25, 0.3) is 0 Å². The molecule has 1 saturated heterocycles. The SMILES string of the molecule is O=C1CN(C(=S)N[C@H]2C[C@@H]3CC[C@H]2C3)CCN1. The van der Waals surface area contributed by atoms with Crippen LogP contribution in [0.5, 0.6) is 0 Å². The van der Waals surface area contributed by atoms with Gasteiger partial charge in [0, 0.05) is 19.1 Å². The molecule has 17 heavy (non-hydrogen) atoms.